The number of nitrogens with zero attached hydrogens (tertiary/aromatic N) is 2. The number of hydrogen-bond donors (Lipinski definition) is 4. The minimum atomic E-state index is -0.307. The fourth-order valence-corrected chi connectivity index (χ4v) is 2.39. The van der Waals surface area contributed by atoms with E-state index in [-0.39, 0.29) is 17.7 Å². The van der Waals surface area contributed by atoms with Crippen LogP contribution in [0.1, 0.15) is 10.5 Å². The molecular formula is C15H17N5O3. The van der Waals surface area contributed by atoms with E-state index in [2.05, 4.69) is 20.8 Å². The summed E-state index contributed by atoms with van der Waals surface area (Å²) in [6, 6.07) is 8.25. The predicted molar refractivity (Wildman–Crippen MR) is 83.0 cm³/mol. The number of benzene rings is 1. The molecule has 1 saturated heterocycles. The highest BCUT2D eigenvalue weighted by Crippen LogP contribution is 2.27. The Kier molecular flexibility index (Phi) is 4.13. The number of urea groups is 1. The fourth-order valence-electron chi connectivity index (χ4n) is 2.39. The lowest BCUT2D eigenvalue weighted by Crippen LogP contribution is -2.36. The summed E-state index contributed by atoms with van der Waals surface area (Å²) in [4.78, 5) is 25.1. The van der Waals surface area contributed by atoms with Gasteiger partial charge in [-0.1, -0.05) is 12.1 Å². The van der Waals surface area contributed by atoms with E-state index in [0.29, 0.717) is 43.1 Å². The zero-order valence-electron chi connectivity index (χ0n) is 12.4. The van der Waals surface area contributed by atoms with Gasteiger partial charge in [-0.15, -0.1) is 0 Å². The maximum atomic E-state index is 12.1. The topological polar surface area (TPSA) is 110 Å². The highest BCUT2D eigenvalue weighted by Gasteiger charge is 2.19. The summed E-state index contributed by atoms with van der Waals surface area (Å²) in [5.41, 5.74) is 1.35. The number of carbonyl (C=O) groups excluding carboxylic acids is 2. The van der Waals surface area contributed by atoms with Gasteiger partial charge in [0.2, 0.25) is 0 Å². The van der Waals surface area contributed by atoms with Gasteiger partial charge in [0, 0.05) is 31.7 Å². The first-order chi connectivity index (χ1) is 11.1. The first-order valence-electron chi connectivity index (χ1n) is 7.30. The van der Waals surface area contributed by atoms with Gasteiger partial charge >= 0.3 is 6.03 Å². The lowest BCUT2D eigenvalue weighted by Gasteiger charge is -2.13. The predicted octanol–water partition coefficient (Wildman–Crippen LogP) is 0.537. The van der Waals surface area contributed by atoms with Crippen molar-refractivity contribution >= 4 is 11.9 Å². The number of phenols is 1. The molecule has 1 aliphatic heterocycles. The molecule has 0 bridgehead atoms. The van der Waals surface area contributed by atoms with E-state index in [1.165, 1.54) is 0 Å². The number of nitrogens with one attached hydrogen (secondary N) is 3. The lowest BCUT2D eigenvalue weighted by molar-refractivity contribution is 0.0945. The molecule has 2 heterocycles. The third-order valence-corrected chi connectivity index (χ3v) is 3.61. The minimum Gasteiger partial charge on any atom is -0.507 e. The Bertz CT molecular complexity index is 727. The summed E-state index contributed by atoms with van der Waals surface area (Å²) in [5, 5.41) is 21.9. The van der Waals surface area contributed by atoms with Crippen LogP contribution in [0.5, 0.6) is 5.75 Å². The van der Waals surface area contributed by atoms with Crippen molar-refractivity contribution in [3.05, 3.63) is 36.0 Å². The van der Waals surface area contributed by atoms with E-state index in [4.69, 9.17) is 0 Å². The van der Waals surface area contributed by atoms with E-state index in [9.17, 15) is 14.7 Å². The average Bonchev–Trinajstić information content (AvgIpc) is 3.17. The van der Waals surface area contributed by atoms with Gasteiger partial charge in [-0.05, 0) is 18.2 Å². The molecule has 0 unspecified atom stereocenters. The van der Waals surface area contributed by atoms with Crippen LogP contribution in [0.25, 0.3) is 11.3 Å². The quantitative estimate of drug-likeness (QED) is 0.645. The molecule has 1 aromatic carbocycles. The number of phenolic OH excluding ortho intramolecular Hbond substituents is 1. The van der Waals surface area contributed by atoms with Gasteiger partial charge in [0.15, 0.2) is 0 Å². The van der Waals surface area contributed by atoms with Crippen molar-refractivity contribution in [3.8, 4) is 17.0 Å². The average molecular weight is 315 g/mol. The van der Waals surface area contributed by atoms with Crippen LogP contribution in [0.2, 0.25) is 0 Å². The number of carbonyl (C=O) groups is 2. The van der Waals surface area contributed by atoms with Crippen LogP contribution in [0, 0.1) is 0 Å². The smallest absolute Gasteiger partial charge is 0.317 e. The molecular weight excluding hydrogens is 298 g/mol. The molecule has 0 atom stereocenters. The molecule has 0 spiro atoms. The van der Waals surface area contributed by atoms with Crippen LogP contribution in [-0.2, 0) is 0 Å². The third-order valence-electron chi connectivity index (χ3n) is 3.61. The fraction of sp³-hybridized carbons (Fsp3) is 0.267. The van der Waals surface area contributed by atoms with Crippen molar-refractivity contribution in [2.75, 3.05) is 26.2 Å². The number of aromatic hydroxyl groups is 1. The van der Waals surface area contributed by atoms with E-state index in [1.54, 1.807) is 35.2 Å². The third kappa shape index (κ3) is 3.25. The van der Waals surface area contributed by atoms with Crippen LogP contribution in [0.4, 0.5) is 4.79 Å². The Morgan fingerprint density at radius 3 is 2.96 bits per heavy atom. The summed E-state index contributed by atoms with van der Waals surface area (Å²) in [6.45, 7) is 2.10. The Hall–Kier alpha value is -3.03. The Morgan fingerprint density at radius 1 is 1.39 bits per heavy atom. The van der Waals surface area contributed by atoms with Crippen molar-refractivity contribution in [2.45, 2.75) is 0 Å². The summed E-state index contributed by atoms with van der Waals surface area (Å²) < 4.78 is 0. The number of amides is 3. The van der Waals surface area contributed by atoms with Gasteiger partial charge in [-0.2, -0.15) is 5.10 Å². The maximum Gasteiger partial charge on any atom is 0.317 e. The summed E-state index contributed by atoms with van der Waals surface area (Å²) in [7, 11) is 0. The van der Waals surface area contributed by atoms with Crippen molar-refractivity contribution in [1.29, 1.82) is 0 Å². The van der Waals surface area contributed by atoms with Gasteiger partial charge in [0.1, 0.15) is 11.4 Å². The highest BCUT2D eigenvalue weighted by molar-refractivity contribution is 5.93. The summed E-state index contributed by atoms with van der Waals surface area (Å²) >= 11 is 0. The second kappa shape index (κ2) is 6.39. The number of rotatable bonds is 5. The number of aromatic amines is 1. The van der Waals surface area contributed by atoms with Crippen molar-refractivity contribution < 1.29 is 14.7 Å². The number of aromatic nitrogens is 2. The standard InChI is InChI=1S/C15H17N5O3/c21-13-4-2-1-3-10(13)11-9-12(19-18-11)14(22)16-5-7-20-8-6-17-15(20)23/h1-4,9,21H,5-8H2,(H,16,22)(H,17,23)(H,18,19). The number of H-pyrrole nitrogens is 1. The van der Waals surface area contributed by atoms with Gasteiger partial charge in [-0.25, -0.2) is 4.79 Å². The molecule has 2 aromatic rings. The normalized spacial score (nSPS) is 13.9. The zero-order chi connectivity index (χ0) is 16.2. The lowest BCUT2D eigenvalue weighted by atomic mass is 10.1. The molecule has 8 heteroatoms. The molecule has 0 saturated carbocycles. The van der Waals surface area contributed by atoms with Gasteiger partial charge in [-0.3, -0.25) is 9.89 Å². The molecule has 4 N–H and O–H groups in total. The van der Waals surface area contributed by atoms with Gasteiger partial charge in [0.25, 0.3) is 5.91 Å². The molecule has 1 aromatic heterocycles. The highest BCUT2D eigenvalue weighted by atomic mass is 16.3. The van der Waals surface area contributed by atoms with Gasteiger partial charge < -0.3 is 20.6 Å². The second-order valence-corrected chi connectivity index (χ2v) is 5.16. The number of hydrogen-bond acceptors (Lipinski definition) is 4. The molecule has 8 nitrogen and oxygen atoms in total. The molecule has 120 valence electrons. The van der Waals surface area contributed by atoms with E-state index < -0.39 is 0 Å². The van der Waals surface area contributed by atoms with Crippen LogP contribution in [-0.4, -0.2) is 58.3 Å². The van der Waals surface area contributed by atoms with Crippen LogP contribution < -0.4 is 10.6 Å². The minimum absolute atomic E-state index is 0.103. The van der Waals surface area contributed by atoms with Crippen LogP contribution >= 0.6 is 0 Å². The van der Waals surface area contributed by atoms with E-state index in [0.717, 1.165) is 0 Å². The maximum absolute atomic E-state index is 12.1. The van der Waals surface area contributed by atoms with E-state index >= 15 is 0 Å². The summed E-state index contributed by atoms with van der Waals surface area (Å²) in [5.74, 6) is -0.204. The van der Waals surface area contributed by atoms with Gasteiger partial charge in [0.05, 0.1) is 5.69 Å². The van der Waals surface area contributed by atoms with Crippen LogP contribution in [0.15, 0.2) is 30.3 Å². The molecule has 1 fully saturated rings. The summed E-state index contributed by atoms with van der Waals surface area (Å²) in [6.07, 6.45) is 0. The largest absolute Gasteiger partial charge is 0.507 e. The van der Waals surface area contributed by atoms with Crippen LogP contribution in [0.3, 0.4) is 0 Å². The number of para-hydroxylation sites is 1. The molecule has 1 aliphatic rings. The molecule has 0 radical (unpaired) electrons. The Morgan fingerprint density at radius 2 is 2.22 bits per heavy atom. The molecule has 3 rings (SSSR count). The van der Waals surface area contributed by atoms with E-state index in [1.807, 2.05) is 0 Å². The molecule has 3 amide bonds. The van der Waals surface area contributed by atoms with Crippen molar-refractivity contribution in [2.24, 2.45) is 0 Å². The zero-order valence-corrected chi connectivity index (χ0v) is 12.4. The van der Waals surface area contributed by atoms with Crippen molar-refractivity contribution in [3.63, 3.8) is 0 Å². The molecule has 0 aliphatic carbocycles. The monoisotopic (exact) mass is 315 g/mol. The first kappa shape index (κ1) is 14.9. The SMILES string of the molecule is O=C(NCCN1CCNC1=O)c1cc(-c2ccccc2O)n[nH]1. The molecule has 23 heavy (non-hydrogen) atoms. The first-order valence-corrected chi connectivity index (χ1v) is 7.30. The Balaban J connectivity index is 1.58. The van der Waals surface area contributed by atoms with Crippen molar-refractivity contribution in [1.82, 2.24) is 25.7 Å². The second-order valence-electron chi connectivity index (χ2n) is 5.16. The Labute approximate surface area is 132 Å².